The topological polar surface area (TPSA) is 56.9 Å². The van der Waals surface area contributed by atoms with Crippen LogP contribution in [-0.4, -0.2) is 39.6 Å². The molecule has 0 spiro atoms. The Kier molecular flexibility index (Phi) is 5.16. The number of fused-ring (bicyclic) bond motifs is 1. The number of imidazole rings is 1. The Morgan fingerprint density at radius 3 is 3.00 bits per heavy atom. The molecule has 110 valence electrons. The Balaban J connectivity index is 1.80. The van der Waals surface area contributed by atoms with Crippen LogP contribution in [0, 0.1) is 11.3 Å². The summed E-state index contributed by atoms with van der Waals surface area (Å²) in [5.41, 5.74) is -0.344. The minimum absolute atomic E-state index is 0.344. The highest BCUT2D eigenvalue weighted by Gasteiger charge is 2.26. The molecule has 0 bridgehead atoms. The molecule has 0 saturated carbocycles. The number of nitrogens with one attached hydrogen (secondary N) is 1. The van der Waals surface area contributed by atoms with Crippen molar-refractivity contribution < 1.29 is 0 Å². The van der Waals surface area contributed by atoms with E-state index in [0.29, 0.717) is 0 Å². The summed E-state index contributed by atoms with van der Waals surface area (Å²) < 4.78 is 2.22. The van der Waals surface area contributed by atoms with Gasteiger partial charge in [-0.1, -0.05) is 13.8 Å². The van der Waals surface area contributed by atoms with Crippen LogP contribution < -0.4 is 5.32 Å². The lowest BCUT2D eigenvalue weighted by Crippen LogP contribution is -2.44. The van der Waals surface area contributed by atoms with E-state index in [1.54, 1.807) is 0 Å². The van der Waals surface area contributed by atoms with Crippen LogP contribution in [0.15, 0.2) is 12.4 Å². The fourth-order valence-electron chi connectivity index (χ4n) is 2.92. The molecule has 20 heavy (non-hydrogen) atoms. The van der Waals surface area contributed by atoms with Crippen LogP contribution in [0.5, 0.6) is 0 Å². The lowest BCUT2D eigenvalue weighted by atomic mass is 9.92. The zero-order chi connectivity index (χ0) is 14.4. The second-order valence-corrected chi connectivity index (χ2v) is 5.49. The second-order valence-electron chi connectivity index (χ2n) is 5.49. The molecule has 2 rings (SSSR count). The first-order valence-electron chi connectivity index (χ1n) is 7.61. The van der Waals surface area contributed by atoms with Crippen LogP contribution in [0.1, 0.15) is 38.9 Å². The molecule has 0 radical (unpaired) electrons. The first-order valence-corrected chi connectivity index (χ1v) is 7.61. The molecule has 1 aromatic heterocycles. The number of aromatic nitrogens is 2. The van der Waals surface area contributed by atoms with Gasteiger partial charge in [-0.2, -0.15) is 5.26 Å². The molecule has 1 atom stereocenters. The number of rotatable bonds is 7. The smallest absolute Gasteiger partial charge is 0.122 e. The normalized spacial score (nSPS) is 18.2. The first-order chi connectivity index (χ1) is 9.73. The van der Waals surface area contributed by atoms with Crippen molar-refractivity contribution >= 4 is 0 Å². The largest absolute Gasteiger partial charge is 0.333 e. The monoisotopic (exact) mass is 275 g/mol. The highest BCUT2D eigenvalue weighted by atomic mass is 15.2. The zero-order valence-electron chi connectivity index (χ0n) is 12.6. The van der Waals surface area contributed by atoms with E-state index in [1.807, 2.05) is 6.20 Å². The van der Waals surface area contributed by atoms with Gasteiger partial charge in [0, 0.05) is 25.5 Å². The van der Waals surface area contributed by atoms with Crippen molar-refractivity contribution in [1.82, 2.24) is 19.8 Å². The van der Waals surface area contributed by atoms with Gasteiger partial charge in [0.25, 0.3) is 0 Å². The second kappa shape index (κ2) is 6.87. The van der Waals surface area contributed by atoms with Crippen molar-refractivity contribution in [2.45, 2.75) is 51.7 Å². The van der Waals surface area contributed by atoms with Gasteiger partial charge in [-0.05, 0) is 32.4 Å². The molecular weight excluding hydrogens is 250 g/mol. The Hall–Kier alpha value is -1.38. The van der Waals surface area contributed by atoms with Crippen molar-refractivity contribution in [3.63, 3.8) is 0 Å². The Morgan fingerprint density at radius 1 is 1.45 bits per heavy atom. The number of hydrogen-bond acceptors (Lipinski definition) is 4. The third kappa shape index (κ3) is 3.38. The quantitative estimate of drug-likeness (QED) is 0.824. The molecule has 0 amide bonds. The van der Waals surface area contributed by atoms with Crippen molar-refractivity contribution in [3.05, 3.63) is 18.2 Å². The van der Waals surface area contributed by atoms with Crippen molar-refractivity contribution in [2.75, 3.05) is 19.6 Å². The first kappa shape index (κ1) is 15.0. The molecule has 0 aliphatic carbocycles. The summed E-state index contributed by atoms with van der Waals surface area (Å²) in [6.07, 6.45) is 6.76. The minimum Gasteiger partial charge on any atom is -0.333 e. The summed E-state index contributed by atoms with van der Waals surface area (Å²) in [6, 6.07) is 2.47. The Bertz CT molecular complexity index is 461. The van der Waals surface area contributed by atoms with E-state index in [-0.39, 0.29) is 5.54 Å². The standard InChI is InChI=1S/C15H25N5/c1-3-15(13-16,18-4-2)6-5-8-19-10-11-20-9-7-17-14(20)12-19/h7,9,18H,3-6,8,10-12H2,1-2H3. The molecule has 5 heteroatoms. The average Bonchev–Trinajstić information content (AvgIpc) is 2.94. The van der Waals surface area contributed by atoms with Crippen LogP contribution in [0.3, 0.4) is 0 Å². The van der Waals surface area contributed by atoms with Gasteiger partial charge in [-0.3, -0.25) is 10.2 Å². The molecule has 1 aromatic rings. The molecule has 1 aliphatic rings. The van der Waals surface area contributed by atoms with Crippen LogP contribution in [0.4, 0.5) is 0 Å². The van der Waals surface area contributed by atoms with Crippen LogP contribution in [0.25, 0.3) is 0 Å². The van der Waals surface area contributed by atoms with E-state index < -0.39 is 0 Å². The molecule has 1 N–H and O–H groups in total. The van der Waals surface area contributed by atoms with Gasteiger partial charge in [0.15, 0.2) is 0 Å². The number of nitriles is 1. The summed E-state index contributed by atoms with van der Waals surface area (Å²) >= 11 is 0. The Morgan fingerprint density at radius 2 is 2.30 bits per heavy atom. The lowest BCUT2D eigenvalue weighted by molar-refractivity contribution is 0.205. The van der Waals surface area contributed by atoms with Gasteiger partial charge in [-0.15, -0.1) is 0 Å². The molecule has 0 saturated heterocycles. The Labute approximate surface area is 121 Å². The van der Waals surface area contributed by atoms with Crippen molar-refractivity contribution in [1.29, 1.82) is 5.26 Å². The van der Waals surface area contributed by atoms with E-state index in [2.05, 4.69) is 45.9 Å². The predicted molar refractivity (Wildman–Crippen MR) is 79.0 cm³/mol. The van der Waals surface area contributed by atoms with Crippen molar-refractivity contribution in [3.8, 4) is 6.07 Å². The fraction of sp³-hybridized carbons (Fsp3) is 0.733. The average molecular weight is 275 g/mol. The highest BCUT2D eigenvalue weighted by Crippen LogP contribution is 2.18. The maximum absolute atomic E-state index is 9.41. The van der Waals surface area contributed by atoms with Gasteiger partial charge < -0.3 is 4.57 Å². The molecule has 0 fully saturated rings. The SMILES string of the molecule is CCNC(C#N)(CC)CCCN1CCn2ccnc2C1. The van der Waals surface area contributed by atoms with E-state index in [4.69, 9.17) is 0 Å². The molecular formula is C15H25N5. The molecule has 0 aromatic carbocycles. The summed E-state index contributed by atoms with van der Waals surface area (Å²) in [5, 5.41) is 12.8. The summed E-state index contributed by atoms with van der Waals surface area (Å²) in [5.74, 6) is 1.16. The van der Waals surface area contributed by atoms with Gasteiger partial charge in [0.05, 0.1) is 12.6 Å². The van der Waals surface area contributed by atoms with Crippen LogP contribution >= 0.6 is 0 Å². The number of hydrogen-bond donors (Lipinski definition) is 1. The van der Waals surface area contributed by atoms with E-state index in [1.165, 1.54) is 0 Å². The maximum Gasteiger partial charge on any atom is 0.122 e. The molecule has 1 aliphatic heterocycles. The lowest BCUT2D eigenvalue weighted by Gasteiger charge is -2.30. The highest BCUT2D eigenvalue weighted by molar-refractivity contribution is 5.06. The minimum atomic E-state index is -0.344. The summed E-state index contributed by atoms with van der Waals surface area (Å²) in [4.78, 5) is 6.82. The molecule has 1 unspecified atom stereocenters. The maximum atomic E-state index is 9.41. The fourth-order valence-corrected chi connectivity index (χ4v) is 2.92. The van der Waals surface area contributed by atoms with Gasteiger partial charge in [-0.25, -0.2) is 4.98 Å². The summed E-state index contributed by atoms with van der Waals surface area (Å²) in [7, 11) is 0. The third-order valence-electron chi connectivity index (χ3n) is 4.23. The van der Waals surface area contributed by atoms with Crippen LogP contribution in [-0.2, 0) is 13.1 Å². The van der Waals surface area contributed by atoms with Gasteiger partial charge in [0.2, 0.25) is 0 Å². The number of nitrogens with zero attached hydrogens (tertiary/aromatic N) is 4. The zero-order valence-corrected chi connectivity index (χ0v) is 12.6. The van der Waals surface area contributed by atoms with Gasteiger partial charge >= 0.3 is 0 Å². The van der Waals surface area contributed by atoms with E-state index in [9.17, 15) is 5.26 Å². The van der Waals surface area contributed by atoms with Crippen molar-refractivity contribution in [2.24, 2.45) is 0 Å². The predicted octanol–water partition coefficient (Wildman–Crippen LogP) is 1.76. The third-order valence-corrected chi connectivity index (χ3v) is 4.23. The molecule has 2 heterocycles. The summed E-state index contributed by atoms with van der Waals surface area (Å²) in [6.45, 7) is 9.08. The van der Waals surface area contributed by atoms with Gasteiger partial charge in [0.1, 0.15) is 11.4 Å². The van der Waals surface area contributed by atoms with E-state index in [0.717, 1.165) is 57.8 Å². The molecule has 5 nitrogen and oxygen atoms in total. The van der Waals surface area contributed by atoms with Crippen LogP contribution in [0.2, 0.25) is 0 Å². The van der Waals surface area contributed by atoms with E-state index >= 15 is 0 Å².